The molecule has 3 heterocycles. The number of nitrogens with one attached hydrogen (secondary N) is 1. The predicted molar refractivity (Wildman–Crippen MR) is 97.3 cm³/mol. The number of hydrogen-bond acceptors (Lipinski definition) is 4. The Morgan fingerprint density at radius 3 is 2.84 bits per heavy atom. The average Bonchev–Trinajstić information content (AvgIpc) is 3.19. The predicted octanol–water partition coefficient (Wildman–Crippen LogP) is 2.33. The second-order valence-corrected chi connectivity index (χ2v) is 8.63. The number of benzene rings is 1. The topological polar surface area (TPSA) is 78.1 Å². The van der Waals surface area contributed by atoms with Crippen LogP contribution in [0.25, 0.3) is 11.3 Å². The van der Waals surface area contributed by atoms with Crippen LogP contribution in [0.5, 0.6) is 0 Å². The summed E-state index contributed by atoms with van der Waals surface area (Å²) in [4.78, 5) is 0. The van der Waals surface area contributed by atoms with E-state index in [2.05, 4.69) is 10.4 Å². The third kappa shape index (κ3) is 3.22. The van der Waals surface area contributed by atoms with Gasteiger partial charge in [-0.2, -0.15) is 9.65 Å². The van der Waals surface area contributed by atoms with Crippen LogP contribution in [0.15, 0.2) is 45.9 Å². The van der Waals surface area contributed by atoms with Gasteiger partial charge in [0.15, 0.2) is 16.6 Å². The molecule has 6 nitrogen and oxygen atoms in total. The van der Waals surface area contributed by atoms with Gasteiger partial charge in [-0.1, -0.05) is 4.21 Å². The minimum Gasteiger partial charge on any atom is -0.455 e. The van der Waals surface area contributed by atoms with E-state index in [9.17, 15) is 13.2 Å². The summed E-state index contributed by atoms with van der Waals surface area (Å²) in [5, 5.41) is 9.35. The van der Waals surface area contributed by atoms with Gasteiger partial charge in [-0.3, -0.25) is 0 Å². The van der Waals surface area contributed by atoms with E-state index in [1.165, 1.54) is 18.3 Å². The van der Waals surface area contributed by atoms with Crippen molar-refractivity contribution < 1.29 is 17.6 Å². The number of thiocarbonyl (C=S) groups is 1. The van der Waals surface area contributed by atoms with Crippen LogP contribution in [-0.2, 0) is 14.4 Å². The van der Waals surface area contributed by atoms with Crippen molar-refractivity contribution in [3.8, 4) is 11.3 Å². The lowest BCUT2D eigenvalue weighted by molar-refractivity contribution is 0.372. The largest absolute Gasteiger partial charge is 0.455 e. The van der Waals surface area contributed by atoms with Crippen LogP contribution in [0.4, 0.5) is 4.39 Å². The summed E-state index contributed by atoms with van der Waals surface area (Å²) in [7, 11) is -2.82. The summed E-state index contributed by atoms with van der Waals surface area (Å²) >= 11 is 5.24. The van der Waals surface area contributed by atoms with E-state index >= 15 is 0 Å². The molecule has 0 spiro atoms. The Morgan fingerprint density at radius 2 is 2.08 bits per heavy atom. The minimum absolute atomic E-state index is 0.140. The zero-order chi connectivity index (χ0) is 17.6. The minimum atomic E-state index is -2.82. The molecule has 1 aromatic carbocycles. The van der Waals surface area contributed by atoms with Crippen LogP contribution in [0.1, 0.15) is 5.76 Å². The van der Waals surface area contributed by atoms with E-state index in [4.69, 9.17) is 16.6 Å². The van der Waals surface area contributed by atoms with Gasteiger partial charge in [0, 0.05) is 5.56 Å². The zero-order valence-electron chi connectivity index (χ0n) is 13.0. The smallest absolute Gasteiger partial charge is 0.218 e. The molecule has 1 unspecified atom stereocenters. The molecule has 3 atom stereocenters. The highest BCUT2D eigenvalue weighted by atomic mass is 32.3. The quantitative estimate of drug-likeness (QED) is 0.483. The highest BCUT2D eigenvalue weighted by Gasteiger charge is 2.54. The molecule has 130 valence electrons. The van der Waals surface area contributed by atoms with Crippen LogP contribution in [-0.4, -0.2) is 44.5 Å². The molecule has 2 aliphatic heterocycles. The molecule has 1 aromatic heterocycles. The van der Waals surface area contributed by atoms with Crippen molar-refractivity contribution in [2.24, 2.45) is 5.10 Å². The standard InChI is InChI=1S/C16H14FN3O3S2/c17-11-3-1-10(2-4-11)15-6-5-12(23-15)7-18-20-14-9-25(21,22)8-13(14)19-16(20)24/h1-7,13-14H,8-9H2,(H-,19,21,22,24)/p+1/b18-7-/t13-,14+/m0/s1. The number of hydrogen-bond donors (Lipinski definition) is 2. The van der Waals surface area contributed by atoms with Crippen LogP contribution in [0.3, 0.4) is 0 Å². The maximum atomic E-state index is 13.0. The molecule has 0 radical (unpaired) electrons. The van der Waals surface area contributed by atoms with Gasteiger partial charge in [0.1, 0.15) is 29.4 Å². The van der Waals surface area contributed by atoms with Crippen LogP contribution in [0, 0.1) is 5.82 Å². The molecule has 0 amide bonds. The fourth-order valence-electron chi connectivity index (χ4n) is 3.05. The first kappa shape index (κ1) is 16.4. The lowest BCUT2D eigenvalue weighted by Crippen LogP contribution is -2.33. The van der Waals surface area contributed by atoms with Crippen molar-refractivity contribution in [2.45, 2.75) is 12.1 Å². The maximum Gasteiger partial charge on any atom is 0.218 e. The van der Waals surface area contributed by atoms with E-state index in [0.717, 1.165) is 5.56 Å². The number of hydrazone groups is 1. The van der Waals surface area contributed by atoms with Crippen molar-refractivity contribution in [3.63, 3.8) is 0 Å². The summed E-state index contributed by atoms with van der Waals surface area (Å²) in [6, 6.07) is 9.13. The summed E-state index contributed by atoms with van der Waals surface area (Å²) < 4.78 is 40.3. The molecule has 2 fully saturated rings. The lowest BCUT2D eigenvalue weighted by Gasteiger charge is -2.14. The monoisotopic (exact) mass is 380 g/mol. The number of rotatable bonds is 3. The van der Waals surface area contributed by atoms with Crippen LogP contribution >= 0.6 is 12.2 Å². The van der Waals surface area contributed by atoms with Crippen LogP contribution < -0.4 is 5.32 Å². The molecule has 4 rings (SSSR count). The van der Waals surface area contributed by atoms with Gasteiger partial charge in [0.05, 0.1) is 6.21 Å². The SMILES string of the molecule is O=[S+]1(O)C[C@@H]2NC(=S)N(/N=C\c3ccc(-c4ccc(F)cc4)o3)[C@@H]2C1. The fourth-order valence-corrected chi connectivity index (χ4v) is 5.29. The van der Waals surface area contributed by atoms with E-state index in [1.807, 2.05) is 0 Å². The van der Waals surface area contributed by atoms with Gasteiger partial charge in [0.2, 0.25) is 10.2 Å². The van der Waals surface area contributed by atoms with E-state index in [1.54, 1.807) is 29.3 Å². The molecular formula is C16H15FN3O3S2+. The molecule has 0 bridgehead atoms. The fraction of sp³-hybridized carbons (Fsp3) is 0.250. The molecule has 25 heavy (non-hydrogen) atoms. The van der Waals surface area contributed by atoms with Crippen molar-refractivity contribution in [3.05, 3.63) is 48.0 Å². The van der Waals surface area contributed by atoms with E-state index in [-0.39, 0.29) is 29.4 Å². The molecule has 2 N–H and O–H groups in total. The van der Waals surface area contributed by atoms with Crippen molar-refractivity contribution in [1.82, 2.24) is 10.3 Å². The van der Waals surface area contributed by atoms with Gasteiger partial charge < -0.3 is 9.73 Å². The lowest BCUT2D eigenvalue weighted by atomic mass is 10.2. The third-order valence-electron chi connectivity index (χ3n) is 4.23. The van der Waals surface area contributed by atoms with Gasteiger partial charge >= 0.3 is 0 Å². The summed E-state index contributed by atoms with van der Waals surface area (Å²) in [5.41, 5.74) is 0.760. The number of fused-ring (bicyclic) bond motifs is 1. The summed E-state index contributed by atoms with van der Waals surface area (Å²) in [6.45, 7) is 0. The van der Waals surface area contributed by atoms with Crippen molar-refractivity contribution >= 4 is 33.8 Å². The first-order valence-electron chi connectivity index (χ1n) is 7.63. The number of nitrogens with zero attached hydrogens (tertiary/aromatic N) is 2. The number of halogens is 1. The highest BCUT2D eigenvalue weighted by Crippen LogP contribution is 2.27. The summed E-state index contributed by atoms with van der Waals surface area (Å²) in [5.74, 6) is 1.12. The Balaban J connectivity index is 1.51. The second kappa shape index (κ2) is 6.01. The zero-order valence-corrected chi connectivity index (χ0v) is 14.6. The Labute approximate surface area is 150 Å². The third-order valence-corrected chi connectivity index (χ3v) is 6.28. The second-order valence-electron chi connectivity index (χ2n) is 6.03. The van der Waals surface area contributed by atoms with Crippen molar-refractivity contribution in [2.75, 3.05) is 11.5 Å². The van der Waals surface area contributed by atoms with E-state index < -0.39 is 10.2 Å². The first-order valence-corrected chi connectivity index (χ1v) is 9.89. The molecule has 0 aliphatic carbocycles. The molecular weight excluding hydrogens is 365 g/mol. The van der Waals surface area contributed by atoms with Gasteiger partial charge in [0.25, 0.3) is 0 Å². The van der Waals surface area contributed by atoms with Crippen LogP contribution in [0.2, 0.25) is 0 Å². The molecule has 2 aromatic rings. The van der Waals surface area contributed by atoms with E-state index in [0.29, 0.717) is 16.6 Å². The average molecular weight is 380 g/mol. The molecule has 0 saturated carbocycles. The number of furan rings is 1. The Morgan fingerprint density at radius 1 is 1.32 bits per heavy atom. The Kier molecular flexibility index (Phi) is 3.94. The highest BCUT2D eigenvalue weighted by molar-refractivity contribution is 7.98. The summed E-state index contributed by atoms with van der Waals surface area (Å²) in [6.07, 6.45) is 1.51. The maximum absolute atomic E-state index is 13.0. The van der Waals surface area contributed by atoms with Gasteiger partial charge in [-0.25, -0.2) is 9.40 Å². The molecule has 2 aliphatic rings. The van der Waals surface area contributed by atoms with Crippen molar-refractivity contribution in [1.29, 1.82) is 0 Å². The molecule has 9 heteroatoms. The van der Waals surface area contributed by atoms with Gasteiger partial charge in [-0.05, 0) is 48.6 Å². The first-order chi connectivity index (χ1) is 11.9. The Bertz CT molecular complexity index is 896. The Hall–Kier alpha value is -2.10. The molecule has 2 saturated heterocycles. The van der Waals surface area contributed by atoms with Gasteiger partial charge in [-0.15, -0.1) is 0 Å². The normalized spacial score (nSPS) is 28.6.